The van der Waals surface area contributed by atoms with Crippen molar-refractivity contribution in [1.82, 2.24) is 10.2 Å². The van der Waals surface area contributed by atoms with Crippen molar-refractivity contribution >= 4 is 11.8 Å². The molecule has 26 heavy (non-hydrogen) atoms. The van der Waals surface area contributed by atoms with Crippen molar-refractivity contribution in [2.75, 3.05) is 6.54 Å². The Balaban J connectivity index is 1.32. The summed E-state index contributed by atoms with van der Waals surface area (Å²) < 4.78 is 13.9. The van der Waals surface area contributed by atoms with Crippen LogP contribution in [0.2, 0.25) is 0 Å². The Labute approximate surface area is 154 Å². The molecule has 1 N–H and O–H groups in total. The first kappa shape index (κ1) is 17.5. The number of benzene rings is 1. The lowest BCUT2D eigenvalue weighted by atomic mass is 10.1. The van der Waals surface area contributed by atoms with Gasteiger partial charge in [0.15, 0.2) is 0 Å². The molecule has 4 rings (SSSR count). The molecule has 0 unspecified atom stereocenters. The van der Waals surface area contributed by atoms with E-state index in [0.29, 0.717) is 24.6 Å². The molecule has 1 heterocycles. The lowest BCUT2D eigenvalue weighted by Crippen LogP contribution is -2.38. The van der Waals surface area contributed by atoms with Gasteiger partial charge in [-0.2, -0.15) is 0 Å². The van der Waals surface area contributed by atoms with Crippen LogP contribution in [-0.4, -0.2) is 35.3 Å². The van der Waals surface area contributed by atoms with Crippen molar-refractivity contribution in [3.8, 4) is 0 Å². The molecule has 3 aliphatic rings. The summed E-state index contributed by atoms with van der Waals surface area (Å²) in [7, 11) is 0. The summed E-state index contributed by atoms with van der Waals surface area (Å²) in [4.78, 5) is 27.0. The van der Waals surface area contributed by atoms with Gasteiger partial charge in [-0.15, -0.1) is 0 Å². The normalized spacial score (nSPS) is 29.5. The number of nitrogens with one attached hydrogen (secondary N) is 1. The standard InChI is InChI=1S/C21H27FN2O2/c22-18-10-6-5-9-16(18)17-12-19(17)23-21(26)14-11-20(25)24(13-14)15-7-3-1-2-4-8-15/h5-6,9-10,14-15,17,19H,1-4,7-8,11-13H2,(H,23,26)/t14-,17+,19-/m1/s1. The number of halogens is 1. The first-order chi connectivity index (χ1) is 12.6. The Morgan fingerprint density at radius 3 is 2.58 bits per heavy atom. The van der Waals surface area contributed by atoms with Crippen LogP contribution in [0.1, 0.15) is 62.8 Å². The van der Waals surface area contributed by atoms with Gasteiger partial charge in [0, 0.05) is 31.0 Å². The van der Waals surface area contributed by atoms with Gasteiger partial charge in [-0.25, -0.2) is 4.39 Å². The molecule has 2 aliphatic carbocycles. The zero-order chi connectivity index (χ0) is 18.1. The molecule has 0 spiro atoms. The third-order valence-corrected chi connectivity index (χ3v) is 6.22. The van der Waals surface area contributed by atoms with E-state index in [1.165, 1.54) is 31.7 Å². The highest BCUT2D eigenvalue weighted by molar-refractivity contribution is 5.89. The van der Waals surface area contributed by atoms with Crippen molar-refractivity contribution in [2.45, 2.75) is 69.4 Å². The molecule has 0 aromatic heterocycles. The average Bonchev–Trinajstić information content (AvgIpc) is 3.35. The first-order valence-corrected chi connectivity index (χ1v) is 9.98. The van der Waals surface area contributed by atoms with E-state index in [9.17, 15) is 14.0 Å². The van der Waals surface area contributed by atoms with Gasteiger partial charge < -0.3 is 10.2 Å². The number of amides is 2. The van der Waals surface area contributed by atoms with Gasteiger partial charge >= 0.3 is 0 Å². The third-order valence-electron chi connectivity index (χ3n) is 6.22. The predicted octanol–water partition coefficient (Wildman–Crippen LogP) is 3.37. The van der Waals surface area contributed by atoms with Gasteiger partial charge in [0.25, 0.3) is 0 Å². The minimum atomic E-state index is -0.257. The van der Waals surface area contributed by atoms with Crippen LogP contribution >= 0.6 is 0 Å². The minimum Gasteiger partial charge on any atom is -0.352 e. The topological polar surface area (TPSA) is 49.4 Å². The fourth-order valence-electron chi connectivity index (χ4n) is 4.60. The van der Waals surface area contributed by atoms with Crippen LogP contribution < -0.4 is 5.32 Å². The highest BCUT2D eigenvalue weighted by atomic mass is 19.1. The van der Waals surface area contributed by atoms with Crippen LogP contribution in [0.4, 0.5) is 4.39 Å². The van der Waals surface area contributed by atoms with Crippen LogP contribution in [0.15, 0.2) is 24.3 Å². The van der Waals surface area contributed by atoms with Crippen molar-refractivity contribution in [2.24, 2.45) is 5.92 Å². The quantitative estimate of drug-likeness (QED) is 0.839. The lowest BCUT2D eigenvalue weighted by molar-refractivity contribution is -0.130. The zero-order valence-corrected chi connectivity index (χ0v) is 15.1. The average molecular weight is 358 g/mol. The number of nitrogens with zero attached hydrogens (tertiary/aromatic N) is 1. The van der Waals surface area contributed by atoms with E-state index in [2.05, 4.69) is 5.32 Å². The van der Waals surface area contributed by atoms with E-state index >= 15 is 0 Å². The largest absolute Gasteiger partial charge is 0.352 e. The van der Waals surface area contributed by atoms with E-state index in [4.69, 9.17) is 0 Å². The monoisotopic (exact) mass is 358 g/mol. The number of rotatable bonds is 4. The van der Waals surface area contributed by atoms with Crippen LogP contribution in [0.3, 0.4) is 0 Å². The minimum absolute atomic E-state index is 0.00133. The second-order valence-corrected chi connectivity index (χ2v) is 8.07. The molecule has 140 valence electrons. The molecule has 3 fully saturated rings. The summed E-state index contributed by atoms with van der Waals surface area (Å²) >= 11 is 0. The van der Waals surface area contributed by atoms with Crippen molar-refractivity contribution in [3.05, 3.63) is 35.6 Å². The summed E-state index contributed by atoms with van der Waals surface area (Å²) in [5.41, 5.74) is 0.681. The summed E-state index contributed by atoms with van der Waals surface area (Å²) in [6.45, 7) is 0.548. The number of carbonyl (C=O) groups is 2. The Kier molecular flexibility index (Phi) is 4.96. The van der Waals surface area contributed by atoms with Gasteiger partial charge in [-0.05, 0) is 30.9 Å². The summed E-state index contributed by atoms with van der Waals surface area (Å²) in [5.74, 6) is -0.315. The SMILES string of the molecule is O=C(N[C@@H]1C[C@H]1c1ccccc1F)[C@@H]1CC(=O)N(C2CCCCCC2)C1. The summed E-state index contributed by atoms with van der Waals surface area (Å²) in [6.07, 6.45) is 8.09. The molecule has 1 saturated heterocycles. The van der Waals surface area contributed by atoms with Gasteiger partial charge in [0.05, 0.1) is 5.92 Å². The van der Waals surface area contributed by atoms with Crippen molar-refractivity contribution < 1.29 is 14.0 Å². The molecule has 5 heteroatoms. The Bertz CT molecular complexity index is 684. The molecular weight excluding hydrogens is 331 g/mol. The van der Waals surface area contributed by atoms with E-state index in [-0.39, 0.29) is 35.5 Å². The molecular formula is C21H27FN2O2. The highest BCUT2D eigenvalue weighted by Gasteiger charge is 2.44. The van der Waals surface area contributed by atoms with Gasteiger partial charge in [-0.3, -0.25) is 9.59 Å². The van der Waals surface area contributed by atoms with Crippen LogP contribution in [0.25, 0.3) is 0 Å². The molecule has 1 aromatic carbocycles. The molecule has 2 amide bonds. The molecule has 3 atom stereocenters. The fourth-order valence-corrected chi connectivity index (χ4v) is 4.60. The zero-order valence-electron chi connectivity index (χ0n) is 15.1. The number of hydrogen-bond acceptors (Lipinski definition) is 2. The van der Waals surface area contributed by atoms with Crippen LogP contribution in [0.5, 0.6) is 0 Å². The first-order valence-electron chi connectivity index (χ1n) is 9.98. The molecule has 1 aromatic rings. The second kappa shape index (κ2) is 7.37. The van der Waals surface area contributed by atoms with Gasteiger partial charge in [0.2, 0.25) is 11.8 Å². The number of hydrogen-bond donors (Lipinski definition) is 1. The molecule has 0 radical (unpaired) electrons. The lowest BCUT2D eigenvalue weighted by Gasteiger charge is -2.27. The van der Waals surface area contributed by atoms with Crippen LogP contribution in [0, 0.1) is 11.7 Å². The smallest absolute Gasteiger partial charge is 0.225 e. The number of carbonyl (C=O) groups excluding carboxylic acids is 2. The highest BCUT2D eigenvalue weighted by Crippen LogP contribution is 2.42. The third kappa shape index (κ3) is 3.62. The summed E-state index contributed by atoms with van der Waals surface area (Å²) in [6, 6.07) is 7.08. The second-order valence-electron chi connectivity index (χ2n) is 8.07. The maximum absolute atomic E-state index is 13.9. The maximum Gasteiger partial charge on any atom is 0.225 e. The molecule has 1 aliphatic heterocycles. The number of likely N-dealkylation sites (tertiary alicyclic amines) is 1. The van der Waals surface area contributed by atoms with Gasteiger partial charge in [0.1, 0.15) is 5.82 Å². The van der Waals surface area contributed by atoms with Gasteiger partial charge in [-0.1, -0.05) is 43.9 Å². The van der Waals surface area contributed by atoms with E-state index in [1.807, 2.05) is 11.0 Å². The van der Waals surface area contributed by atoms with E-state index in [1.54, 1.807) is 12.1 Å². The van der Waals surface area contributed by atoms with Crippen LogP contribution in [-0.2, 0) is 9.59 Å². The maximum atomic E-state index is 13.9. The van der Waals surface area contributed by atoms with E-state index in [0.717, 1.165) is 19.3 Å². The van der Waals surface area contributed by atoms with Crippen molar-refractivity contribution in [1.29, 1.82) is 0 Å². The van der Waals surface area contributed by atoms with Crippen molar-refractivity contribution in [3.63, 3.8) is 0 Å². The fraction of sp³-hybridized carbons (Fsp3) is 0.619. The molecule has 0 bridgehead atoms. The Hall–Kier alpha value is -1.91. The molecule has 2 saturated carbocycles. The van der Waals surface area contributed by atoms with E-state index < -0.39 is 0 Å². The Morgan fingerprint density at radius 2 is 1.85 bits per heavy atom. The predicted molar refractivity (Wildman–Crippen MR) is 97.0 cm³/mol. The Morgan fingerprint density at radius 1 is 1.12 bits per heavy atom. The summed E-state index contributed by atoms with van der Waals surface area (Å²) in [5, 5.41) is 3.04. The molecule has 4 nitrogen and oxygen atoms in total.